The number of rotatable bonds is 31. The van der Waals surface area contributed by atoms with Gasteiger partial charge in [0.2, 0.25) is 11.8 Å². The molecule has 2 fully saturated rings. The molecule has 0 bridgehead atoms. The summed E-state index contributed by atoms with van der Waals surface area (Å²) in [6, 6.07) is 0. The molecule has 55 heavy (non-hydrogen) atoms. The topological polar surface area (TPSA) is 230 Å². The van der Waals surface area contributed by atoms with Gasteiger partial charge in [0.15, 0.2) is 12.6 Å². The summed E-state index contributed by atoms with van der Waals surface area (Å²) < 4.78 is 44.7. The van der Waals surface area contributed by atoms with Crippen molar-refractivity contribution in [1.82, 2.24) is 10.6 Å². The Hall–Kier alpha value is -1.87. The molecule has 0 saturated carbocycles. The standard InChI is InChI=1S/C38H70N2O15/c1-27(43)5-8-38(4,9-6-34(46)39-11-13-48-15-17-50-19-21-52-36-28(2)32(44)23-30(25-41)54-36)10-7-35(47)40-12-14-49-16-18-51-20-22-53-37-29(3)33(45)24-31(26-42)55-37/h28-33,36-37,41-42,44-45H,5-26H2,1-4H3,(H,39,46)(H,40,47). The van der Waals surface area contributed by atoms with Gasteiger partial charge >= 0.3 is 0 Å². The fraction of sp³-hybridized carbons (Fsp3) is 0.921. The Balaban J connectivity index is 1.49. The summed E-state index contributed by atoms with van der Waals surface area (Å²) in [5, 5.41) is 44.5. The summed E-state index contributed by atoms with van der Waals surface area (Å²) in [5.41, 5.74) is -0.363. The number of ketones is 1. The predicted octanol–water partition coefficient (Wildman–Crippen LogP) is 0.463. The van der Waals surface area contributed by atoms with Crippen LogP contribution in [0.4, 0.5) is 0 Å². The number of amides is 2. The SMILES string of the molecule is CC(=O)CCC(C)(CCC(=O)NCCOCCOCCOC1OC(CO)CC(O)C1C)CCC(=O)NCCOCCOCCOC1OC(CO)CC(O)C1C. The maximum Gasteiger partial charge on any atom is 0.220 e. The van der Waals surface area contributed by atoms with Gasteiger partial charge in [-0.05, 0) is 31.6 Å². The van der Waals surface area contributed by atoms with E-state index in [2.05, 4.69) is 10.6 Å². The molecule has 0 aliphatic carbocycles. The molecule has 2 heterocycles. The Labute approximate surface area is 326 Å². The normalized spacial score (nSPS) is 26.7. The van der Waals surface area contributed by atoms with Gasteiger partial charge in [0, 0.05) is 57.0 Å². The maximum absolute atomic E-state index is 12.6. The first-order chi connectivity index (χ1) is 26.4. The Kier molecular flexibility index (Phi) is 25.5. The van der Waals surface area contributed by atoms with Crippen LogP contribution in [-0.4, -0.2) is 167 Å². The Bertz CT molecular complexity index is 987. The van der Waals surface area contributed by atoms with E-state index in [0.29, 0.717) is 104 Å². The molecule has 0 aromatic heterocycles. The van der Waals surface area contributed by atoms with Gasteiger partial charge in [-0.15, -0.1) is 0 Å². The van der Waals surface area contributed by atoms with Gasteiger partial charge in [0.25, 0.3) is 0 Å². The van der Waals surface area contributed by atoms with Crippen molar-refractivity contribution < 1.29 is 72.7 Å². The summed E-state index contributed by atoms with van der Waals surface area (Å²) in [6.07, 6.45) is 0.0535. The van der Waals surface area contributed by atoms with Crippen molar-refractivity contribution in [2.24, 2.45) is 17.3 Å². The smallest absolute Gasteiger partial charge is 0.220 e. The van der Waals surface area contributed by atoms with Crippen molar-refractivity contribution in [3.63, 3.8) is 0 Å². The number of carbonyl (C=O) groups excluding carboxylic acids is 3. The van der Waals surface area contributed by atoms with Crippen molar-refractivity contribution in [1.29, 1.82) is 0 Å². The van der Waals surface area contributed by atoms with Gasteiger partial charge in [-0.3, -0.25) is 9.59 Å². The monoisotopic (exact) mass is 794 g/mol. The molecule has 0 radical (unpaired) electrons. The third kappa shape index (κ3) is 21.5. The van der Waals surface area contributed by atoms with E-state index in [9.17, 15) is 34.8 Å². The molecule has 8 unspecified atom stereocenters. The molecular formula is C38H70N2O15. The highest BCUT2D eigenvalue weighted by Gasteiger charge is 2.36. The van der Waals surface area contributed by atoms with Gasteiger partial charge in [-0.25, -0.2) is 0 Å². The molecule has 0 spiro atoms. The zero-order valence-electron chi connectivity index (χ0n) is 33.5. The molecule has 17 heteroatoms. The van der Waals surface area contributed by atoms with E-state index in [-0.39, 0.29) is 74.1 Å². The molecule has 8 atom stereocenters. The van der Waals surface area contributed by atoms with Crippen molar-refractivity contribution in [3.8, 4) is 0 Å². The minimum absolute atomic E-state index is 0.0650. The highest BCUT2D eigenvalue weighted by atomic mass is 16.7. The van der Waals surface area contributed by atoms with Crippen LogP contribution in [0.5, 0.6) is 0 Å². The van der Waals surface area contributed by atoms with E-state index < -0.39 is 37.0 Å². The molecule has 2 amide bonds. The van der Waals surface area contributed by atoms with E-state index in [1.54, 1.807) is 0 Å². The van der Waals surface area contributed by atoms with Crippen molar-refractivity contribution in [3.05, 3.63) is 0 Å². The number of aliphatic hydroxyl groups is 4. The Morgan fingerprint density at radius 3 is 1.36 bits per heavy atom. The summed E-state index contributed by atoms with van der Waals surface area (Å²) in [7, 11) is 0. The average Bonchev–Trinajstić information content (AvgIpc) is 3.16. The van der Waals surface area contributed by atoms with Crippen molar-refractivity contribution in [2.45, 2.75) is 116 Å². The average molecular weight is 795 g/mol. The first-order valence-electron chi connectivity index (χ1n) is 19.8. The molecule has 6 N–H and O–H groups in total. The lowest BCUT2D eigenvalue weighted by atomic mass is 9.76. The molecule has 322 valence electrons. The van der Waals surface area contributed by atoms with Crippen LogP contribution in [0.3, 0.4) is 0 Å². The molecule has 2 aliphatic heterocycles. The highest BCUT2D eigenvalue weighted by molar-refractivity contribution is 5.77. The maximum atomic E-state index is 12.6. The summed E-state index contributed by atoms with van der Waals surface area (Å²) in [6.45, 7) is 10.8. The molecule has 0 aromatic carbocycles. The zero-order chi connectivity index (χ0) is 40.5. The second-order valence-electron chi connectivity index (χ2n) is 14.8. The van der Waals surface area contributed by atoms with E-state index in [4.69, 9.17) is 37.9 Å². The minimum atomic E-state index is -0.600. The molecule has 2 rings (SSSR count). The third-order valence-corrected chi connectivity index (χ3v) is 10.0. The van der Waals surface area contributed by atoms with Gasteiger partial charge in [-0.1, -0.05) is 20.8 Å². The van der Waals surface area contributed by atoms with E-state index in [0.717, 1.165) is 0 Å². The van der Waals surface area contributed by atoms with Crippen LogP contribution in [0, 0.1) is 17.3 Å². The van der Waals surface area contributed by atoms with Crippen LogP contribution in [0.2, 0.25) is 0 Å². The number of nitrogens with one attached hydrogen (secondary N) is 2. The summed E-state index contributed by atoms with van der Waals surface area (Å²) >= 11 is 0. The lowest BCUT2D eigenvalue weighted by Crippen LogP contribution is -2.45. The molecule has 2 aliphatic rings. The van der Waals surface area contributed by atoms with Gasteiger partial charge in [0.1, 0.15) is 5.78 Å². The Morgan fingerprint density at radius 1 is 0.618 bits per heavy atom. The number of hydrogen-bond donors (Lipinski definition) is 6. The fourth-order valence-corrected chi connectivity index (χ4v) is 6.16. The summed E-state index contributed by atoms with van der Waals surface area (Å²) in [5.74, 6) is -0.591. The van der Waals surface area contributed by atoms with Gasteiger partial charge in [-0.2, -0.15) is 0 Å². The van der Waals surface area contributed by atoms with E-state index in [1.165, 1.54) is 6.92 Å². The number of carbonyl (C=O) groups is 3. The van der Waals surface area contributed by atoms with Crippen LogP contribution < -0.4 is 10.6 Å². The third-order valence-electron chi connectivity index (χ3n) is 10.0. The molecule has 17 nitrogen and oxygen atoms in total. The minimum Gasteiger partial charge on any atom is -0.394 e. The quantitative estimate of drug-likeness (QED) is 0.0524. The first kappa shape index (κ1) is 49.3. The summed E-state index contributed by atoms with van der Waals surface area (Å²) in [4.78, 5) is 36.8. The van der Waals surface area contributed by atoms with Crippen LogP contribution in [-0.2, 0) is 52.3 Å². The number of aliphatic hydroxyl groups excluding tert-OH is 4. The zero-order valence-corrected chi connectivity index (χ0v) is 33.5. The van der Waals surface area contributed by atoms with Crippen LogP contribution in [0.15, 0.2) is 0 Å². The lowest BCUT2D eigenvalue weighted by molar-refractivity contribution is -0.252. The van der Waals surface area contributed by atoms with Crippen LogP contribution >= 0.6 is 0 Å². The molecular weight excluding hydrogens is 724 g/mol. The largest absolute Gasteiger partial charge is 0.394 e. The van der Waals surface area contributed by atoms with E-state index in [1.807, 2.05) is 20.8 Å². The lowest BCUT2D eigenvalue weighted by Gasteiger charge is -2.37. The van der Waals surface area contributed by atoms with Crippen LogP contribution in [0.25, 0.3) is 0 Å². The van der Waals surface area contributed by atoms with Crippen molar-refractivity contribution in [2.75, 3.05) is 92.4 Å². The first-order valence-corrected chi connectivity index (χ1v) is 19.8. The number of hydrogen-bond acceptors (Lipinski definition) is 15. The second-order valence-corrected chi connectivity index (χ2v) is 14.8. The predicted molar refractivity (Wildman–Crippen MR) is 199 cm³/mol. The van der Waals surface area contributed by atoms with Gasteiger partial charge in [0.05, 0.1) is 104 Å². The molecule has 2 saturated heterocycles. The highest BCUT2D eigenvalue weighted by Crippen LogP contribution is 2.34. The second kappa shape index (κ2) is 28.5. The Morgan fingerprint density at radius 2 is 0.982 bits per heavy atom. The van der Waals surface area contributed by atoms with Crippen molar-refractivity contribution >= 4 is 17.6 Å². The molecule has 0 aromatic rings. The number of ether oxygens (including phenoxy) is 8. The van der Waals surface area contributed by atoms with E-state index >= 15 is 0 Å². The number of Topliss-reactive ketones (excluding diaryl/α,β-unsaturated/α-hetero) is 1. The van der Waals surface area contributed by atoms with Gasteiger partial charge < -0.3 is 73.7 Å². The van der Waals surface area contributed by atoms with Crippen LogP contribution in [0.1, 0.15) is 79.1 Å². The fourth-order valence-electron chi connectivity index (χ4n) is 6.16.